The van der Waals surface area contributed by atoms with Crippen molar-refractivity contribution in [2.75, 3.05) is 6.54 Å². The van der Waals surface area contributed by atoms with Crippen molar-refractivity contribution in [3.8, 4) is 11.3 Å². The second kappa shape index (κ2) is 6.05. The molecule has 0 N–H and O–H groups in total. The second-order valence-electron chi connectivity index (χ2n) is 5.69. The standard InChI is InChI=1S/C17H14FN3O3S/c18-15-6-2-1-5-13(15)17-14-11-21(9-7-16(14)24-20-17)25(22,23)12-4-3-8-19-10-12/h1-6,8,10H,7,9,11H2. The third-order valence-corrected chi connectivity index (χ3v) is 6.02. The zero-order chi connectivity index (χ0) is 17.4. The molecule has 25 heavy (non-hydrogen) atoms. The highest BCUT2D eigenvalue weighted by molar-refractivity contribution is 7.89. The predicted octanol–water partition coefficient (Wildman–Crippen LogP) is 2.62. The van der Waals surface area contributed by atoms with Gasteiger partial charge in [-0.1, -0.05) is 17.3 Å². The van der Waals surface area contributed by atoms with E-state index in [-0.39, 0.29) is 18.0 Å². The summed E-state index contributed by atoms with van der Waals surface area (Å²) in [6.45, 7) is 0.357. The van der Waals surface area contributed by atoms with Gasteiger partial charge in [0.05, 0.1) is 0 Å². The fourth-order valence-electron chi connectivity index (χ4n) is 2.90. The molecule has 6 nitrogen and oxygen atoms in total. The number of benzene rings is 1. The van der Waals surface area contributed by atoms with Crippen LogP contribution < -0.4 is 0 Å². The Morgan fingerprint density at radius 3 is 2.76 bits per heavy atom. The van der Waals surface area contributed by atoms with Gasteiger partial charge in [0.1, 0.15) is 22.2 Å². The number of halogens is 1. The summed E-state index contributed by atoms with van der Waals surface area (Å²) in [7, 11) is -3.68. The fraction of sp³-hybridized carbons (Fsp3) is 0.176. The Morgan fingerprint density at radius 2 is 2.00 bits per heavy atom. The van der Waals surface area contributed by atoms with Crippen molar-refractivity contribution >= 4 is 10.0 Å². The van der Waals surface area contributed by atoms with E-state index in [2.05, 4.69) is 10.1 Å². The molecule has 0 saturated carbocycles. The van der Waals surface area contributed by atoms with Crippen molar-refractivity contribution in [2.45, 2.75) is 17.9 Å². The van der Waals surface area contributed by atoms with Crippen LogP contribution in [0.1, 0.15) is 11.3 Å². The van der Waals surface area contributed by atoms with E-state index in [4.69, 9.17) is 4.52 Å². The minimum atomic E-state index is -3.68. The van der Waals surface area contributed by atoms with E-state index in [9.17, 15) is 12.8 Å². The van der Waals surface area contributed by atoms with E-state index in [1.807, 2.05) is 0 Å². The highest BCUT2D eigenvalue weighted by atomic mass is 32.2. The molecular weight excluding hydrogens is 345 g/mol. The van der Waals surface area contributed by atoms with E-state index < -0.39 is 15.8 Å². The second-order valence-corrected chi connectivity index (χ2v) is 7.63. The molecule has 3 aromatic rings. The molecule has 1 aliphatic rings. The number of hydrogen-bond donors (Lipinski definition) is 0. The molecule has 4 rings (SSSR count). The van der Waals surface area contributed by atoms with Crippen LogP contribution in [0.3, 0.4) is 0 Å². The van der Waals surface area contributed by atoms with Gasteiger partial charge in [-0.2, -0.15) is 4.31 Å². The zero-order valence-corrected chi connectivity index (χ0v) is 13.9. The Bertz CT molecular complexity index is 1020. The van der Waals surface area contributed by atoms with Crippen LogP contribution in [0.25, 0.3) is 11.3 Å². The number of pyridine rings is 1. The van der Waals surface area contributed by atoms with Gasteiger partial charge in [-0.05, 0) is 24.3 Å². The lowest BCUT2D eigenvalue weighted by atomic mass is 10.0. The summed E-state index contributed by atoms with van der Waals surface area (Å²) in [5.41, 5.74) is 1.25. The summed E-state index contributed by atoms with van der Waals surface area (Å²) in [6.07, 6.45) is 3.22. The van der Waals surface area contributed by atoms with Crippen molar-refractivity contribution in [3.05, 3.63) is 65.9 Å². The highest BCUT2D eigenvalue weighted by Gasteiger charge is 2.33. The Kier molecular flexibility index (Phi) is 3.85. The van der Waals surface area contributed by atoms with Crippen LogP contribution in [0.5, 0.6) is 0 Å². The molecule has 0 fully saturated rings. The molecule has 128 valence electrons. The summed E-state index contributed by atoms with van der Waals surface area (Å²) in [5, 5.41) is 3.97. The summed E-state index contributed by atoms with van der Waals surface area (Å²) in [6, 6.07) is 9.30. The average Bonchev–Trinajstić information content (AvgIpc) is 3.06. The van der Waals surface area contributed by atoms with Crippen LogP contribution in [0.15, 0.2) is 58.2 Å². The van der Waals surface area contributed by atoms with Crippen molar-refractivity contribution in [1.82, 2.24) is 14.4 Å². The maximum Gasteiger partial charge on any atom is 0.244 e. The molecule has 1 aliphatic heterocycles. The normalized spacial score (nSPS) is 15.1. The lowest BCUT2D eigenvalue weighted by molar-refractivity contribution is 0.331. The smallest absolute Gasteiger partial charge is 0.244 e. The molecule has 0 amide bonds. The van der Waals surface area contributed by atoms with Gasteiger partial charge in [-0.3, -0.25) is 4.98 Å². The third kappa shape index (κ3) is 2.73. The minimum Gasteiger partial charge on any atom is -0.360 e. The maximum atomic E-state index is 14.1. The molecule has 0 spiro atoms. The Hall–Kier alpha value is -2.58. The summed E-state index contributed by atoms with van der Waals surface area (Å²) < 4.78 is 46.3. The topological polar surface area (TPSA) is 76.3 Å². The summed E-state index contributed by atoms with van der Waals surface area (Å²) in [4.78, 5) is 4.00. The lowest BCUT2D eigenvalue weighted by Gasteiger charge is -2.25. The molecule has 8 heteroatoms. The van der Waals surface area contributed by atoms with Crippen LogP contribution in [0, 0.1) is 5.82 Å². The minimum absolute atomic E-state index is 0.0831. The van der Waals surface area contributed by atoms with E-state index in [0.717, 1.165) is 0 Å². The molecule has 0 unspecified atom stereocenters. The van der Waals surface area contributed by atoms with Crippen molar-refractivity contribution < 1.29 is 17.3 Å². The average molecular weight is 359 g/mol. The van der Waals surface area contributed by atoms with Gasteiger partial charge in [0.2, 0.25) is 10.0 Å². The first-order valence-corrected chi connectivity index (χ1v) is 9.14. The van der Waals surface area contributed by atoms with Gasteiger partial charge in [0, 0.05) is 43.0 Å². The van der Waals surface area contributed by atoms with Crippen molar-refractivity contribution in [3.63, 3.8) is 0 Å². The molecule has 0 bridgehead atoms. The lowest BCUT2D eigenvalue weighted by Crippen LogP contribution is -2.35. The molecule has 0 aliphatic carbocycles. The van der Waals surface area contributed by atoms with E-state index in [1.165, 1.54) is 28.8 Å². The van der Waals surface area contributed by atoms with Crippen LogP contribution >= 0.6 is 0 Å². The monoisotopic (exact) mass is 359 g/mol. The first-order valence-electron chi connectivity index (χ1n) is 7.70. The number of nitrogens with zero attached hydrogens (tertiary/aromatic N) is 3. The van der Waals surface area contributed by atoms with Gasteiger partial charge < -0.3 is 4.52 Å². The molecule has 0 atom stereocenters. The number of rotatable bonds is 3. The largest absolute Gasteiger partial charge is 0.360 e. The van der Waals surface area contributed by atoms with Crippen LogP contribution in [-0.4, -0.2) is 29.4 Å². The maximum absolute atomic E-state index is 14.1. The number of hydrogen-bond acceptors (Lipinski definition) is 5. The Labute approximate surface area is 144 Å². The van der Waals surface area contributed by atoms with Crippen LogP contribution in [0.4, 0.5) is 4.39 Å². The van der Waals surface area contributed by atoms with Gasteiger partial charge >= 0.3 is 0 Å². The van der Waals surface area contributed by atoms with Crippen LogP contribution in [0.2, 0.25) is 0 Å². The van der Waals surface area contributed by atoms with Gasteiger partial charge in [-0.15, -0.1) is 0 Å². The Morgan fingerprint density at radius 1 is 1.16 bits per heavy atom. The van der Waals surface area contributed by atoms with Crippen LogP contribution in [-0.2, 0) is 23.0 Å². The third-order valence-electron chi connectivity index (χ3n) is 4.19. The predicted molar refractivity (Wildman–Crippen MR) is 87.4 cm³/mol. The quantitative estimate of drug-likeness (QED) is 0.718. The molecule has 2 aromatic heterocycles. The van der Waals surface area contributed by atoms with Crippen molar-refractivity contribution in [2.24, 2.45) is 0 Å². The molecule has 0 radical (unpaired) electrons. The Balaban J connectivity index is 1.73. The fourth-order valence-corrected chi connectivity index (χ4v) is 4.28. The number of fused-ring (bicyclic) bond motifs is 1. The number of aromatic nitrogens is 2. The van der Waals surface area contributed by atoms with E-state index in [1.54, 1.807) is 24.3 Å². The van der Waals surface area contributed by atoms with E-state index >= 15 is 0 Å². The van der Waals surface area contributed by atoms with Gasteiger partial charge in [0.15, 0.2) is 0 Å². The molecule has 3 heterocycles. The van der Waals surface area contributed by atoms with Gasteiger partial charge in [0.25, 0.3) is 0 Å². The van der Waals surface area contributed by atoms with Gasteiger partial charge in [-0.25, -0.2) is 12.8 Å². The van der Waals surface area contributed by atoms with E-state index in [0.29, 0.717) is 29.0 Å². The highest BCUT2D eigenvalue weighted by Crippen LogP contribution is 2.33. The van der Waals surface area contributed by atoms with Crippen molar-refractivity contribution in [1.29, 1.82) is 0 Å². The first-order chi connectivity index (χ1) is 12.1. The zero-order valence-electron chi connectivity index (χ0n) is 13.1. The first kappa shape index (κ1) is 15.9. The number of sulfonamides is 1. The SMILES string of the molecule is O=S(=O)(c1cccnc1)N1CCc2onc(-c3ccccc3F)c2C1. The molecule has 1 aromatic carbocycles. The molecular formula is C17H14FN3O3S. The summed E-state index contributed by atoms with van der Waals surface area (Å²) >= 11 is 0. The molecule has 0 saturated heterocycles. The summed E-state index contributed by atoms with van der Waals surface area (Å²) in [5.74, 6) is 0.168.